The summed E-state index contributed by atoms with van der Waals surface area (Å²) < 4.78 is 5.41. The van der Waals surface area contributed by atoms with Crippen molar-refractivity contribution in [3.05, 3.63) is 0 Å². The van der Waals surface area contributed by atoms with Gasteiger partial charge in [0, 0.05) is 12.6 Å². The Hall–Kier alpha value is -0.730. The second kappa shape index (κ2) is 4.20. The van der Waals surface area contributed by atoms with Crippen LogP contribution in [-0.4, -0.2) is 29.2 Å². The summed E-state index contributed by atoms with van der Waals surface area (Å²) in [5, 5.41) is 0. The van der Waals surface area contributed by atoms with Crippen LogP contribution in [0.15, 0.2) is 0 Å². The Balaban J connectivity index is 2.45. The molecule has 3 nitrogen and oxygen atoms in total. The third-order valence-electron chi connectivity index (χ3n) is 2.61. The first-order chi connectivity index (χ1) is 6.48. The average molecular weight is 199 g/mol. The summed E-state index contributed by atoms with van der Waals surface area (Å²) in [6, 6.07) is 0.227. The van der Waals surface area contributed by atoms with E-state index in [0.717, 1.165) is 25.8 Å². The first-order valence-electron chi connectivity index (χ1n) is 5.48. The van der Waals surface area contributed by atoms with Gasteiger partial charge in [-0.15, -0.1) is 0 Å². The lowest BCUT2D eigenvalue weighted by atomic mass is 10.3. The molecule has 0 aromatic heterocycles. The molecule has 1 aliphatic carbocycles. The number of hydrogen-bond donors (Lipinski definition) is 0. The number of carbonyl (C=O) groups is 1. The molecule has 3 heteroatoms. The van der Waals surface area contributed by atoms with Gasteiger partial charge in [-0.3, -0.25) is 0 Å². The fraction of sp³-hybridized carbons (Fsp3) is 0.909. The normalized spacial score (nSPS) is 18.1. The zero-order chi connectivity index (χ0) is 10.8. The van der Waals surface area contributed by atoms with Crippen molar-refractivity contribution in [3.63, 3.8) is 0 Å². The van der Waals surface area contributed by atoms with Gasteiger partial charge in [0.25, 0.3) is 0 Å². The molecule has 82 valence electrons. The third-order valence-corrected chi connectivity index (χ3v) is 2.61. The summed E-state index contributed by atoms with van der Waals surface area (Å²) in [6.07, 6.45) is 2.85. The van der Waals surface area contributed by atoms with E-state index in [9.17, 15) is 4.79 Å². The highest BCUT2D eigenvalue weighted by molar-refractivity contribution is 5.68. The van der Waals surface area contributed by atoms with E-state index >= 15 is 0 Å². The standard InChI is InChI=1S/C11H21NO2/c1-5-8-12(9(2)3)10(13)14-11(4)6-7-11/h9H,5-8H2,1-4H3. The summed E-state index contributed by atoms with van der Waals surface area (Å²) in [7, 11) is 0. The van der Waals surface area contributed by atoms with E-state index in [-0.39, 0.29) is 17.7 Å². The highest BCUT2D eigenvalue weighted by Gasteiger charge is 2.42. The number of carbonyl (C=O) groups excluding carboxylic acids is 1. The van der Waals surface area contributed by atoms with Crippen LogP contribution in [0.25, 0.3) is 0 Å². The number of nitrogens with zero attached hydrogens (tertiary/aromatic N) is 1. The van der Waals surface area contributed by atoms with E-state index in [1.54, 1.807) is 4.90 Å². The highest BCUT2D eigenvalue weighted by Crippen LogP contribution is 2.39. The van der Waals surface area contributed by atoms with Crippen molar-refractivity contribution >= 4 is 6.09 Å². The maximum atomic E-state index is 11.7. The zero-order valence-electron chi connectivity index (χ0n) is 9.67. The van der Waals surface area contributed by atoms with Crippen LogP contribution in [0.2, 0.25) is 0 Å². The van der Waals surface area contributed by atoms with Crippen molar-refractivity contribution in [1.82, 2.24) is 4.90 Å². The molecular weight excluding hydrogens is 178 g/mol. The van der Waals surface area contributed by atoms with Crippen LogP contribution < -0.4 is 0 Å². The summed E-state index contributed by atoms with van der Waals surface area (Å²) in [6.45, 7) is 8.89. The fourth-order valence-corrected chi connectivity index (χ4v) is 1.35. The Morgan fingerprint density at radius 3 is 2.43 bits per heavy atom. The van der Waals surface area contributed by atoms with Gasteiger partial charge >= 0.3 is 6.09 Å². The molecule has 1 saturated carbocycles. The topological polar surface area (TPSA) is 29.5 Å². The predicted octanol–water partition coefficient (Wildman–Crippen LogP) is 2.80. The number of ether oxygens (including phenoxy) is 1. The third kappa shape index (κ3) is 2.89. The van der Waals surface area contributed by atoms with Crippen LogP contribution in [0.3, 0.4) is 0 Å². The number of hydrogen-bond acceptors (Lipinski definition) is 2. The first-order valence-corrected chi connectivity index (χ1v) is 5.48. The van der Waals surface area contributed by atoms with Crippen molar-refractivity contribution in [1.29, 1.82) is 0 Å². The smallest absolute Gasteiger partial charge is 0.410 e. The minimum absolute atomic E-state index is 0.151. The molecule has 0 N–H and O–H groups in total. The molecule has 0 atom stereocenters. The predicted molar refractivity (Wildman–Crippen MR) is 56.3 cm³/mol. The molecular formula is C11H21NO2. The van der Waals surface area contributed by atoms with Crippen LogP contribution in [-0.2, 0) is 4.74 Å². The molecule has 0 heterocycles. The maximum Gasteiger partial charge on any atom is 0.410 e. The van der Waals surface area contributed by atoms with Gasteiger partial charge in [-0.2, -0.15) is 0 Å². The molecule has 0 aromatic carbocycles. The summed E-state index contributed by atoms with van der Waals surface area (Å²) in [5.74, 6) is 0. The van der Waals surface area contributed by atoms with E-state index in [1.165, 1.54) is 0 Å². The molecule has 14 heavy (non-hydrogen) atoms. The monoisotopic (exact) mass is 199 g/mol. The molecule has 0 unspecified atom stereocenters. The van der Waals surface area contributed by atoms with E-state index in [4.69, 9.17) is 4.74 Å². The van der Waals surface area contributed by atoms with Crippen LogP contribution in [0, 0.1) is 0 Å². The van der Waals surface area contributed by atoms with E-state index in [2.05, 4.69) is 6.92 Å². The van der Waals surface area contributed by atoms with Crippen LogP contribution in [0.5, 0.6) is 0 Å². The maximum absolute atomic E-state index is 11.7. The average Bonchev–Trinajstić information content (AvgIpc) is 2.78. The highest BCUT2D eigenvalue weighted by atomic mass is 16.6. The van der Waals surface area contributed by atoms with Gasteiger partial charge in [-0.05, 0) is 40.0 Å². The Morgan fingerprint density at radius 1 is 1.50 bits per heavy atom. The fourth-order valence-electron chi connectivity index (χ4n) is 1.35. The Labute approximate surface area is 86.4 Å². The van der Waals surface area contributed by atoms with Gasteiger partial charge in [-0.1, -0.05) is 6.92 Å². The molecule has 0 aliphatic heterocycles. The largest absolute Gasteiger partial charge is 0.443 e. The van der Waals surface area contributed by atoms with Crippen molar-refractivity contribution in [2.24, 2.45) is 0 Å². The van der Waals surface area contributed by atoms with Gasteiger partial charge in [0.15, 0.2) is 0 Å². The van der Waals surface area contributed by atoms with Crippen molar-refractivity contribution < 1.29 is 9.53 Å². The lowest BCUT2D eigenvalue weighted by molar-refractivity contribution is 0.0507. The van der Waals surface area contributed by atoms with E-state index in [1.807, 2.05) is 20.8 Å². The van der Waals surface area contributed by atoms with Gasteiger partial charge in [0.1, 0.15) is 5.60 Å². The van der Waals surface area contributed by atoms with Gasteiger partial charge in [0.05, 0.1) is 0 Å². The molecule has 0 saturated heterocycles. The zero-order valence-corrected chi connectivity index (χ0v) is 9.67. The molecule has 1 fully saturated rings. The lowest BCUT2D eigenvalue weighted by Crippen LogP contribution is -2.39. The quantitative estimate of drug-likeness (QED) is 0.696. The Kier molecular flexibility index (Phi) is 3.40. The van der Waals surface area contributed by atoms with Crippen LogP contribution in [0.1, 0.15) is 47.0 Å². The summed E-state index contributed by atoms with van der Waals surface area (Å²) >= 11 is 0. The number of rotatable bonds is 4. The lowest BCUT2D eigenvalue weighted by Gasteiger charge is -2.27. The Morgan fingerprint density at radius 2 is 2.07 bits per heavy atom. The van der Waals surface area contributed by atoms with E-state index < -0.39 is 0 Å². The SMILES string of the molecule is CCCN(C(=O)OC1(C)CC1)C(C)C. The molecule has 0 radical (unpaired) electrons. The van der Waals surface area contributed by atoms with Crippen molar-refractivity contribution in [3.8, 4) is 0 Å². The first kappa shape index (κ1) is 11.3. The molecule has 0 bridgehead atoms. The molecule has 1 aliphatic rings. The Bertz CT molecular complexity index is 209. The van der Waals surface area contributed by atoms with Crippen molar-refractivity contribution in [2.75, 3.05) is 6.54 Å². The van der Waals surface area contributed by atoms with Gasteiger partial charge < -0.3 is 9.64 Å². The van der Waals surface area contributed by atoms with E-state index in [0.29, 0.717) is 0 Å². The van der Waals surface area contributed by atoms with Gasteiger partial charge in [-0.25, -0.2) is 4.79 Å². The second-order valence-corrected chi connectivity index (χ2v) is 4.61. The van der Waals surface area contributed by atoms with Gasteiger partial charge in [0.2, 0.25) is 0 Å². The minimum atomic E-state index is -0.155. The minimum Gasteiger partial charge on any atom is -0.443 e. The summed E-state index contributed by atoms with van der Waals surface area (Å²) in [5.41, 5.74) is -0.155. The van der Waals surface area contributed by atoms with Crippen LogP contribution in [0.4, 0.5) is 4.79 Å². The van der Waals surface area contributed by atoms with Crippen LogP contribution >= 0.6 is 0 Å². The molecule has 1 rings (SSSR count). The summed E-state index contributed by atoms with van der Waals surface area (Å²) in [4.78, 5) is 13.5. The molecule has 0 spiro atoms. The van der Waals surface area contributed by atoms with Crippen molar-refractivity contribution in [2.45, 2.75) is 58.6 Å². The molecule has 0 aromatic rings. The number of amides is 1. The molecule has 1 amide bonds. The second-order valence-electron chi connectivity index (χ2n) is 4.61.